The monoisotopic (exact) mass is 478 g/mol. The van der Waals surface area contributed by atoms with Crippen LogP contribution in [0.2, 0.25) is 5.02 Å². The summed E-state index contributed by atoms with van der Waals surface area (Å²) >= 11 is 6.28. The van der Waals surface area contributed by atoms with Crippen LogP contribution in [0.4, 0.5) is 0 Å². The maximum Gasteiger partial charge on any atom is 0.246 e. The van der Waals surface area contributed by atoms with Gasteiger partial charge in [-0.05, 0) is 44.4 Å². The van der Waals surface area contributed by atoms with Gasteiger partial charge in [0.1, 0.15) is 0 Å². The predicted molar refractivity (Wildman–Crippen MR) is 128 cm³/mol. The second-order valence-corrected chi connectivity index (χ2v) is 10.5. The van der Waals surface area contributed by atoms with Crippen LogP contribution in [-0.4, -0.2) is 65.2 Å². The fourth-order valence-electron chi connectivity index (χ4n) is 4.29. The maximum atomic E-state index is 12.7. The topological polar surface area (TPSA) is 75.5 Å². The molecule has 1 fully saturated rings. The van der Waals surface area contributed by atoms with E-state index in [4.69, 9.17) is 11.6 Å². The second kappa shape index (κ2) is 10.2. The van der Waals surface area contributed by atoms with Crippen LogP contribution in [0.5, 0.6) is 0 Å². The molecule has 32 heavy (non-hydrogen) atoms. The lowest BCUT2D eigenvalue weighted by Gasteiger charge is -2.36. The number of nitrogens with zero attached hydrogens (tertiary/aromatic N) is 4. The number of amides is 1. The molecule has 1 aromatic heterocycles. The largest absolute Gasteiger partial charge is 0.339 e. The molecule has 1 amide bonds. The Hall–Kier alpha value is -2.16. The first-order chi connectivity index (χ1) is 15.1. The number of sulfonamides is 1. The van der Waals surface area contributed by atoms with Gasteiger partial charge in [0.15, 0.2) is 0 Å². The van der Waals surface area contributed by atoms with E-state index in [1.807, 2.05) is 55.8 Å². The van der Waals surface area contributed by atoms with Gasteiger partial charge in [-0.1, -0.05) is 36.7 Å². The van der Waals surface area contributed by atoms with Gasteiger partial charge in [-0.3, -0.25) is 9.48 Å². The van der Waals surface area contributed by atoms with E-state index in [1.54, 1.807) is 11.0 Å². The van der Waals surface area contributed by atoms with Crippen molar-refractivity contribution in [2.75, 3.05) is 25.9 Å². The van der Waals surface area contributed by atoms with Crippen LogP contribution in [0.1, 0.15) is 42.3 Å². The van der Waals surface area contributed by atoms with Crippen molar-refractivity contribution in [3.63, 3.8) is 0 Å². The Morgan fingerprint density at radius 1 is 1.25 bits per heavy atom. The lowest BCUT2D eigenvalue weighted by atomic mass is 10.0. The Bertz CT molecular complexity index is 1100. The lowest BCUT2D eigenvalue weighted by molar-refractivity contribution is -0.127. The number of hydrogen-bond acceptors (Lipinski definition) is 4. The zero-order valence-electron chi connectivity index (χ0n) is 19.1. The summed E-state index contributed by atoms with van der Waals surface area (Å²) in [6, 6.07) is 7.64. The third-order valence-electron chi connectivity index (χ3n) is 6.03. The van der Waals surface area contributed by atoms with Crippen molar-refractivity contribution in [2.45, 2.75) is 46.2 Å². The molecule has 0 radical (unpaired) electrons. The molecule has 9 heteroatoms. The van der Waals surface area contributed by atoms with Crippen LogP contribution in [0.3, 0.4) is 0 Å². The molecular weight excluding hydrogens is 448 g/mol. The normalized spacial score (nSPS) is 15.8. The van der Waals surface area contributed by atoms with Crippen LogP contribution in [0, 0.1) is 13.8 Å². The highest BCUT2D eigenvalue weighted by molar-refractivity contribution is 7.88. The van der Waals surface area contributed by atoms with E-state index in [-0.39, 0.29) is 11.9 Å². The number of piperidine rings is 1. The number of aryl methyl sites for hydroxylation is 1. The van der Waals surface area contributed by atoms with E-state index in [0.717, 1.165) is 22.5 Å². The minimum Gasteiger partial charge on any atom is -0.339 e. The molecule has 0 N–H and O–H groups in total. The Balaban J connectivity index is 1.65. The van der Waals surface area contributed by atoms with Crippen molar-refractivity contribution >= 4 is 33.6 Å². The van der Waals surface area contributed by atoms with Crippen LogP contribution in [0.15, 0.2) is 30.3 Å². The first-order valence-corrected chi connectivity index (χ1v) is 13.1. The Kier molecular flexibility index (Phi) is 7.79. The maximum absolute atomic E-state index is 12.7. The smallest absolute Gasteiger partial charge is 0.246 e. The average Bonchev–Trinajstić information content (AvgIpc) is 3.00. The first-order valence-electron chi connectivity index (χ1n) is 10.8. The van der Waals surface area contributed by atoms with Crippen LogP contribution in [-0.2, 0) is 21.4 Å². The van der Waals surface area contributed by atoms with E-state index in [9.17, 15) is 13.2 Å². The molecule has 1 aromatic carbocycles. The van der Waals surface area contributed by atoms with Gasteiger partial charge in [-0.15, -0.1) is 0 Å². The molecule has 7 nitrogen and oxygen atoms in total. The van der Waals surface area contributed by atoms with Gasteiger partial charge in [-0.25, -0.2) is 8.42 Å². The Labute approximate surface area is 195 Å². The average molecular weight is 479 g/mol. The van der Waals surface area contributed by atoms with Gasteiger partial charge >= 0.3 is 0 Å². The zero-order chi connectivity index (χ0) is 23.5. The number of aromatic nitrogens is 2. The van der Waals surface area contributed by atoms with Crippen molar-refractivity contribution in [3.8, 4) is 0 Å². The minimum absolute atomic E-state index is 0.0458. The number of hydrogen-bond donors (Lipinski definition) is 0. The van der Waals surface area contributed by atoms with Gasteiger partial charge in [0, 0.05) is 48.0 Å². The zero-order valence-corrected chi connectivity index (χ0v) is 20.7. The summed E-state index contributed by atoms with van der Waals surface area (Å²) in [6.07, 6.45) is 5.95. The number of carbonyl (C=O) groups is 1. The highest BCUT2D eigenvalue weighted by atomic mass is 35.5. The molecule has 174 valence electrons. The van der Waals surface area contributed by atoms with Crippen molar-refractivity contribution in [2.24, 2.45) is 0 Å². The molecule has 0 bridgehead atoms. The molecule has 0 aliphatic carbocycles. The lowest BCUT2D eigenvalue weighted by Crippen LogP contribution is -2.48. The molecule has 1 aliphatic rings. The van der Waals surface area contributed by atoms with Crippen molar-refractivity contribution in [3.05, 3.63) is 57.9 Å². The van der Waals surface area contributed by atoms with Crippen molar-refractivity contribution in [1.29, 1.82) is 0 Å². The summed E-state index contributed by atoms with van der Waals surface area (Å²) in [5.41, 5.74) is 3.74. The molecule has 0 spiro atoms. The van der Waals surface area contributed by atoms with E-state index in [1.165, 1.54) is 10.6 Å². The number of halogens is 1. The molecule has 0 atom stereocenters. The highest BCUT2D eigenvalue weighted by Crippen LogP contribution is 2.22. The first kappa shape index (κ1) is 24.5. The molecule has 1 aliphatic heterocycles. The molecule has 2 heterocycles. The van der Waals surface area contributed by atoms with E-state index in [2.05, 4.69) is 5.10 Å². The van der Waals surface area contributed by atoms with Crippen molar-refractivity contribution < 1.29 is 13.2 Å². The van der Waals surface area contributed by atoms with E-state index in [0.29, 0.717) is 44.0 Å². The second-order valence-electron chi connectivity index (χ2n) is 8.19. The molecular formula is C23H31ClN4O3S. The van der Waals surface area contributed by atoms with Crippen LogP contribution >= 0.6 is 11.6 Å². The van der Waals surface area contributed by atoms with Gasteiger partial charge in [0.2, 0.25) is 15.9 Å². The van der Waals surface area contributed by atoms with Gasteiger partial charge in [0.25, 0.3) is 0 Å². The molecule has 3 rings (SSSR count). The van der Waals surface area contributed by atoms with Crippen LogP contribution < -0.4 is 0 Å². The summed E-state index contributed by atoms with van der Waals surface area (Å²) in [4.78, 5) is 14.5. The molecule has 2 aromatic rings. The SMILES string of the molecule is CCN(C1CCN(C(=O)/C=C/c2c(C)nn(Cc3ccccc3Cl)c2C)CC1)S(C)(=O)=O. The quantitative estimate of drug-likeness (QED) is 0.571. The Morgan fingerprint density at radius 3 is 2.50 bits per heavy atom. The highest BCUT2D eigenvalue weighted by Gasteiger charge is 2.30. The summed E-state index contributed by atoms with van der Waals surface area (Å²) in [6.45, 7) is 7.86. The number of carbonyl (C=O) groups excluding carboxylic acids is 1. The third kappa shape index (κ3) is 5.60. The summed E-state index contributed by atoms with van der Waals surface area (Å²) in [7, 11) is -3.23. The number of rotatable bonds is 7. The fraction of sp³-hybridized carbons (Fsp3) is 0.478. The van der Waals surface area contributed by atoms with E-state index < -0.39 is 10.0 Å². The summed E-state index contributed by atoms with van der Waals surface area (Å²) in [5.74, 6) is -0.0662. The summed E-state index contributed by atoms with van der Waals surface area (Å²) in [5, 5.41) is 5.32. The third-order valence-corrected chi connectivity index (χ3v) is 7.81. The standard InChI is InChI=1S/C23H31ClN4O3S/c1-5-28(32(4,30)31)20-12-14-26(15-13-20)23(29)11-10-21-17(2)25-27(18(21)3)16-19-8-6-7-9-22(19)24/h6-11,20H,5,12-16H2,1-4H3/b11-10+. The Morgan fingerprint density at radius 2 is 1.91 bits per heavy atom. The summed E-state index contributed by atoms with van der Waals surface area (Å²) < 4.78 is 27.3. The van der Waals surface area contributed by atoms with Gasteiger partial charge in [-0.2, -0.15) is 9.40 Å². The molecule has 0 saturated carbocycles. The fourth-order valence-corrected chi connectivity index (χ4v) is 5.71. The molecule has 1 saturated heterocycles. The number of likely N-dealkylation sites (tertiary alicyclic amines) is 1. The van der Waals surface area contributed by atoms with Crippen molar-refractivity contribution in [1.82, 2.24) is 19.0 Å². The number of benzene rings is 1. The molecule has 0 unspecified atom stereocenters. The predicted octanol–water partition coefficient (Wildman–Crippen LogP) is 3.49. The van der Waals surface area contributed by atoms with Gasteiger partial charge < -0.3 is 4.90 Å². The minimum atomic E-state index is -3.23. The van der Waals surface area contributed by atoms with E-state index >= 15 is 0 Å². The van der Waals surface area contributed by atoms with Gasteiger partial charge in [0.05, 0.1) is 18.5 Å². The van der Waals surface area contributed by atoms with Crippen LogP contribution in [0.25, 0.3) is 6.08 Å².